The molecule has 2 rings (SSSR count). The van der Waals surface area contributed by atoms with Crippen molar-refractivity contribution < 1.29 is 0 Å². The largest absolute Gasteiger partial charge is 0.386 e. The maximum atomic E-state index is 4.25. The fraction of sp³-hybridized carbons (Fsp3) is 0.143. The second-order valence-corrected chi connectivity index (χ2v) is 3.81. The molecule has 3 heteroatoms. The zero-order valence-corrected chi connectivity index (χ0v) is 10.0. The number of hydrogen-bond donors (Lipinski definition) is 1. The van der Waals surface area contributed by atoms with Crippen LogP contribution in [0.25, 0.3) is 0 Å². The highest BCUT2D eigenvalue weighted by atomic mass is 15.1. The molecule has 3 nitrogen and oxygen atoms in total. The van der Waals surface area contributed by atoms with E-state index >= 15 is 0 Å². The van der Waals surface area contributed by atoms with Crippen LogP contribution >= 0.6 is 0 Å². The van der Waals surface area contributed by atoms with Crippen molar-refractivity contribution in [3.63, 3.8) is 0 Å². The van der Waals surface area contributed by atoms with Gasteiger partial charge in [-0.2, -0.15) is 5.11 Å². The zero-order valence-electron chi connectivity index (χ0n) is 10.0. The predicted molar refractivity (Wildman–Crippen MR) is 71.3 cm³/mol. The van der Waals surface area contributed by atoms with E-state index in [2.05, 4.69) is 15.5 Å². The Balaban J connectivity index is 2.26. The molecule has 0 spiro atoms. The lowest BCUT2D eigenvalue weighted by Gasteiger charge is -2.02. The Morgan fingerprint density at radius 3 is 2.53 bits per heavy atom. The SMILES string of the molecule is CNc1ccccc1N=Nc1cccc(C)c1. The van der Waals surface area contributed by atoms with Crippen molar-refractivity contribution in [3.8, 4) is 0 Å². The van der Waals surface area contributed by atoms with Crippen molar-refractivity contribution in [1.29, 1.82) is 0 Å². The molecule has 0 aliphatic rings. The average molecular weight is 225 g/mol. The van der Waals surface area contributed by atoms with Crippen molar-refractivity contribution >= 4 is 17.1 Å². The highest BCUT2D eigenvalue weighted by molar-refractivity contribution is 5.64. The summed E-state index contributed by atoms with van der Waals surface area (Å²) < 4.78 is 0. The van der Waals surface area contributed by atoms with Crippen LogP contribution in [0, 0.1) is 6.92 Å². The first kappa shape index (κ1) is 11.3. The summed E-state index contributed by atoms with van der Waals surface area (Å²) >= 11 is 0. The number of nitrogens with one attached hydrogen (secondary N) is 1. The fourth-order valence-corrected chi connectivity index (χ4v) is 1.57. The minimum Gasteiger partial charge on any atom is -0.386 e. The van der Waals surface area contributed by atoms with Gasteiger partial charge in [-0.1, -0.05) is 24.3 Å². The van der Waals surface area contributed by atoms with Crippen LogP contribution in [0.4, 0.5) is 17.1 Å². The summed E-state index contributed by atoms with van der Waals surface area (Å²) in [6.07, 6.45) is 0. The third-order valence-electron chi connectivity index (χ3n) is 2.45. The van der Waals surface area contributed by atoms with E-state index in [0.29, 0.717) is 0 Å². The van der Waals surface area contributed by atoms with Gasteiger partial charge in [-0.15, -0.1) is 5.11 Å². The Morgan fingerprint density at radius 1 is 0.941 bits per heavy atom. The van der Waals surface area contributed by atoms with E-state index in [1.165, 1.54) is 5.56 Å². The molecule has 0 aromatic heterocycles. The maximum Gasteiger partial charge on any atom is 0.109 e. The van der Waals surface area contributed by atoms with Crippen molar-refractivity contribution in [2.24, 2.45) is 10.2 Å². The van der Waals surface area contributed by atoms with Gasteiger partial charge in [0.15, 0.2) is 0 Å². The van der Waals surface area contributed by atoms with E-state index in [4.69, 9.17) is 0 Å². The summed E-state index contributed by atoms with van der Waals surface area (Å²) in [7, 11) is 1.88. The van der Waals surface area contributed by atoms with Gasteiger partial charge in [0.25, 0.3) is 0 Å². The van der Waals surface area contributed by atoms with Crippen LogP contribution in [0.3, 0.4) is 0 Å². The van der Waals surface area contributed by atoms with E-state index in [-0.39, 0.29) is 0 Å². The van der Waals surface area contributed by atoms with Gasteiger partial charge >= 0.3 is 0 Å². The second kappa shape index (κ2) is 5.25. The first-order chi connectivity index (χ1) is 8.29. The lowest BCUT2D eigenvalue weighted by Crippen LogP contribution is -1.86. The van der Waals surface area contributed by atoms with Gasteiger partial charge in [-0.05, 0) is 36.8 Å². The Kier molecular flexibility index (Phi) is 3.50. The van der Waals surface area contributed by atoms with Crippen LogP contribution in [-0.2, 0) is 0 Å². The summed E-state index contributed by atoms with van der Waals surface area (Å²) in [5.41, 5.74) is 3.87. The monoisotopic (exact) mass is 225 g/mol. The average Bonchev–Trinajstić information content (AvgIpc) is 2.37. The van der Waals surface area contributed by atoms with Gasteiger partial charge in [-0.25, -0.2) is 0 Å². The van der Waals surface area contributed by atoms with Crippen LogP contribution in [0.2, 0.25) is 0 Å². The third-order valence-corrected chi connectivity index (χ3v) is 2.45. The van der Waals surface area contributed by atoms with E-state index in [1.54, 1.807) is 0 Å². The molecule has 0 heterocycles. The number of anilines is 1. The number of aryl methyl sites for hydroxylation is 1. The quantitative estimate of drug-likeness (QED) is 0.769. The van der Waals surface area contributed by atoms with Gasteiger partial charge < -0.3 is 5.32 Å². The second-order valence-electron chi connectivity index (χ2n) is 3.81. The normalized spacial score (nSPS) is 10.7. The molecule has 2 aromatic carbocycles. The molecular weight excluding hydrogens is 210 g/mol. The molecule has 0 saturated carbocycles. The number of para-hydroxylation sites is 1. The summed E-state index contributed by atoms with van der Waals surface area (Å²) in [6.45, 7) is 2.04. The smallest absolute Gasteiger partial charge is 0.109 e. The summed E-state index contributed by atoms with van der Waals surface area (Å²) in [5, 5.41) is 11.6. The number of benzene rings is 2. The van der Waals surface area contributed by atoms with Crippen LogP contribution in [-0.4, -0.2) is 7.05 Å². The highest BCUT2D eigenvalue weighted by Crippen LogP contribution is 2.26. The van der Waals surface area contributed by atoms with Crippen molar-refractivity contribution in [1.82, 2.24) is 0 Å². The van der Waals surface area contributed by atoms with E-state index < -0.39 is 0 Å². The molecule has 0 saturated heterocycles. The molecule has 0 radical (unpaired) electrons. The van der Waals surface area contributed by atoms with Crippen molar-refractivity contribution in [3.05, 3.63) is 54.1 Å². The number of nitrogens with zero attached hydrogens (tertiary/aromatic N) is 2. The number of rotatable bonds is 3. The van der Waals surface area contributed by atoms with Crippen molar-refractivity contribution in [2.45, 2.75) is 6.92 Å². The van der Waals surface area contributed by atoms with Crippen LogP contribution < -0.4 is 5.32 Å². The van der Waals surface area contributed by atoms with Gasteiger partial charge in [0.1, 0.15) is 5.69 Å². The highest BCUT2D eigenvalue weighted by Gasteiger charge is 1.97. The molecule has 0 fully saturated rings. The maximum absolute atomic E-state index is 4.25. The predicted octanol–water partition coefficient (Wildman–Crippen LogP) is 4.45. The molecule has 17 heavy (non-hydrogen) atoms. The summed E-state index contributed by atoms with van der Waals surface area (Å²) in [6, 6.07) is 15.8. The van der Waals surface area contributed by atoms with Gasteiger partial charge in [-0.3, -0.25) is 0 Å². The minimum atomic E-state index is 0.844. The third kappa shape index (κ3) is 2.91. The molecule has 86 valence electrons. The van der Waals surface area contributed by atoms with Gasteiger partial charge in [0.05, 0.1) is 11.4 Å². The Bertz CT molecular complexity index is 532. The summed E-state index contributed by atoms with van der Waals surface area (Å²) in [5.74, 6) is 0. The van der Waals surface area contributed by atoms with Crippen LogP contribution in [0.15, 0.2) is 58.8 Å². The molecule has 0 atom stereocenters. The molecule has 2 aromatic rings. The zero-order chi connectivity index (χ0) is 12.1. The number of azo groups is 1. The van der Waals surface area contributed by atoms with Crippen LogP contribution in [0.5, 0.6) is 0 Å². The first-order valence-electron chi connectivity index (χ1n) is 5.55. The standard InChI is InChI=1S/C14H15N3/c1-11-6-5-7-12(10-11)16-17-14-9-4-3-8-13(14)15-2/h3-10,15H,1-2H3. The number of hydrogen-bond acceptors (Lipinski definition) is 3. The van der Waals surface area contributed by atoms with Crippen LogP contribution in [0.1, 0.15) is 5.56 Å². The van der Waals surface area contributed by atoms with E-state index in [9.17, 15) is 0 Å². The lowest BCUT2D eigenvalue weighted by atomic mass is 10.2. The molecule has 0 bridgehead atoms. The van der Waals surface area contributed by atoms with Crippen molar-refractivity contribution in [2.75, 3.05) is 12.4 Å². The summed E-state index contributed by atoms with van der Waals surface area (Å²) in [4.78, 5) is 0. The molecule has 0 unspecified atom stereocenters. The Labute approximate surface area is 101 Å². The first-order valence-corrected chi connectivity index (χ1v) is 5.55. The molecule has 0 aliphatic heterocycles. The lowest BCUT2D eigenvalue weighted by molar-refractivity contribution is 1.22. The molecular formula is C14H15N3. The Hall–Kier alpha value is -2.16. The molecule has 0 amide bonds. The minimum absolute atomic E-state index is 0.844. The fourth-order valence-electron chi connectivity index (χ4n) is 1.57. The van der Waals surface area contributed by atoms with E-state index in [0.717, 1.165) is 17.1 Å². The molecule has 0 aliphatic carbocycles. The van der Waals surface area contributed by atoms with E-state index in [1.807, 2.05) is 62.5 Å². The van der Waals surface area contributed by atoms with Gasteiger partial charge in [0.2, 0.25) is 0 Å². The Morgan fingerprint density at radius 2 is 1.76 bits per heavy atom. The topological polar surface area (TPSA) is 36.8 Å². The molecule has 1 N–H and O–H groups in total. The van der Waals surface area contributed by atoms with Gasteiger partial charge in [0, 0.05) is 7.05 Å².